The zero-order valence-electron chi connectivity index (χ0n) is 19.6. The molecule has 2 heterocycles. The van der Waals surface area contributed by atoms with Gasteiger partial charge in [0.15, 0.2) is 0 Å². The van der Waals surface area contributed by atoms with E-state index in [4.69, 9.17) is 9.47 Å². The number of rotatable bonds is 7. The molecule has 2 aromatic carbocycles. The molecule has 5 heteroatoms. The normalized spacial score (nSPS) is 19.9. The number of methoxy groups -OCH3 is 1. The highest BCUT2D eigenvalue weighted by Gasteiger charge is 2.43. The van der Waals surface area contributed by atoms with Gasteiger partial charge in [-0.05, 0) is 54.5 Å². The number of nitrogens with zero attached hydrogens (tertiary/aromatic N) is 1. The van der Waals surface area contributed by atoms with Crippen LogP contribution < -0.4 is 14.8 Å². The first-order chi connectivity index (χ1) is 15.5. The highest BCUT2D eigenvalue weighted by Crippen LogP contribution is 2.46. The predicted molar refractivity (Wildman–Crippen MR) is 127 cm³/mol. The molecule has 0 unspecified atom stereocenters. The van der Waals surface area contributed by atoms with Gasteiger partial charge in [0.05, 0.1) is 7.11 Å². The average Bonchev–Trinajstić information content (AvgIpc) is 2.80. The molecule has 2 aliphatic heterocycles. The second-order valence-corrected chi connectivity index (χ2v) is 9.75. The molecule has 4 rings (SSSR count). The highest BCUT2D eigenvalue weighted by atomic mass is 16.5. The van der Waals surface area contributed by atoms with E-state index in [-0.39, 0.29) is 17.4 Å². The lowest BCUT2D eigenvalue weighted by Crippen LogP contribution is -2.50. The monoisotopic (exact) mass is 436 g/mol. The fraction of sp³-hybridized carbons (Fsp3) is 0.519. The summed E-state index contributed by atoms with van der Waals surface area (Å²) in [5, 5.41) is 3.10. The van der Waals surface area contributed by atoms with Gasteiger partial charge in [-0.15, -0.1) is 0 Å². The number of para-hydroxylation sites is 1. The number of likely N-dealkylation sites (tertiary alicyclic amines) is 1. The Hall–Kier alpha value is -2.53. The number of piperidine rings is 1. The second kappa shape index (κ2) is 9.95. The smallest absolute Gasteiger partial charge is 0.220 e. The Morgan fingerprint density at radius 1 is 1.16 bits per heavy atom. The van der Waals surface area contributed by atoms with Gasteiger partial charge in [0, 0.05) is 38.5 Å². The van der Waals surface area contributed by atoms with Gasteiger partial charge in [0.1, 0.15) is 17.1 Å². The van der Waals surface area contributed by atoms with E-state index in [0.717, 1.165) is 56.9 Å². The number of amides is 1. The number of benzene rings is 2. The molecular weight excluding hydrogens is 400 g/mol. The molecule has 0 saturated carbocycles. The summed E-state index contributed by atoms with van der Waals surface area (Å²) in [6.07, 6.45) is 3.42. The van der Waals surface area contributed by atoms with E-state index < -0.39 is 0 Å². The number of carbonyl (C=O) groups is 1. The van der Waals surface area contributed by atoms with Crippen LogP contribution in [-0.2, 0) is 11.3 Å². The summed E-state index contributed by atoms with van der Waals surface area (Å²) in [4.78, 5) is 15.1. The van der Waals surface area contributed by atoms with E-state index in [1.54, 1.807) is 7.11 Å². The third kappa shape index (κ3) is 5.44. The zero-order valence-corrected chi connectivity index (χ0v) is 19.6. The predicted octanol–water partition coefficient (Wildman–Crippen LogP) is 4.76. The molecule has 2 aromatic rings. The van der Waals surface area contributed by atoms with Crippen molar-refractivity contribution in [1.82, 2.24) is 10.2 Å². The van der Waals surface area contributed by atoms with Gasteiger partial charge in [-0.25, -0.2) is 0 Å². The van der Waals surface area contributed by atoms with Crippen molar-refractivity contribution in [1.29, 1.82) is 0 Å². The van der Waals surface area contributed by atoms with Crippen molar-refractivity contribution in [2.45, 2.75) is 57.6 Å². The van der Waals surface area contributed by atoms with Crippen LogP contribution in [0.2, 0.25) is 0 Å². The number of carbonyl (C=O) groups excluding carboxylic acids is 1. The quantitative estimate of drug-likeness (QED) is 0.680. The number of hydrogen-bond acceptors (Lipinski definition) is 4. The zero-order chi connectivity index (χ0) is 22.6. The molecule has 0 bridgehead atoms. The first kappa shape index (κ1) is 22.7. The molecule has 1 atom stereocenters. The van der Waals surface area contributed by atoms with Crippen molar-refractivity contribution in [3.05, 3.63) is 59.7 Å². The average molecular weight is 437 g/mol. The Morgan fingerprint density at radius 3 is 2.56 bits per heavy atom. The van der Waals surface area contributed by atoms with Gasteiger partial charge in [-0.2, -0.15) is 0 Å². The minimum Gasteiger partial charge on any atom is -0.497 e. The van der Waals surface area contributed by atoms with Gasteiger partial charge in [-0.3, -0.25) is 9.69 Å². The molecule has 0 aromatic heterocycles. The van der Waals surface area contributed by atoms with E-state index in [2.05, 4.69) is 54.4 Å². The Labute approximate surface area is 192 Å². The van der Waals surface area contributed by atoms with Gasteiger partial charge in [0.25, 0.3) is 0 Å². The first-order valence-corrected chi connectivity index (χ1v) is 11.9. The molecule has 0 radical (unpaired) electrons. The topological polar surface area (TPSA) is 50.8 Å². The maximum atomic E-state index is 12.6. The van der Waals surface area contributed by atoms with Crippen LogP contribution in [0.15, 0.2) is 48.5 Å². The van der Waals surface area contributed by atoms with E-state index in [0.29, 0.717) is 12.3 Å². The number of ether oxygens (including phenoxy) is 2. The van der Waals surface area contributed by atoms with Crippen LogP contribution in [0, 0.1) is 5.92 Å². The summed E-state index contributed by atoms with van der Waals surface area (Å²) in [5.74, 6) is 2.67. The molecule has 2 aliphatic rings. The largest absolute Gasteiger partial charge is 0.497 e. The van der Waals surface area contributed by atoms with Crippen molar-refractivity contribution < 1.29 is 14.3 Å². The lowest BCUT2D eigenvalue weighted by Gasteiger charge is -2.47. The molecule has 172 valence electrons. The first-order valence-electron chi connectivity index (χ1n) is 11.9. The van der Waals surface area contributed by atoms with Crippen molar-refractivity contribution in [2.24, 2.45) is 5.92 Å². The van der Waals surface area contributed by atoms with Crippen molar-refractivity contribution >= 4 is 5.91 Å². The molecule has 1 N–H and O–H groups in total. The molecular formula is C27H36N2O3. The van der Waals surface area contributed by atoms with Crippen LogP contribution in [0.1, 0.15) is 56.6 Å². The van der Waals surface area contributed by atoms with Crippen molar-refractivity contribution in [3.63, 3.8) is 0 Å². The van der Waals surface area contributed by atoms with Crippen molar-refractivity contribution in [3.8, 4) is 11.5 Å². The Kier molecular flexibility index (Phi) is 7.04. The van der Waals surface area contributed by atoms with Crippen molar-refractivity contribution in [2.75, 3.05) is 26.7 Å². The maximum Gasteiger partial charge on any atom is 0.220 e. The fourth-order valence-electron chi connectivity index (χ4n) is 4.95. The highest BCUT2D eigenvalue weighted by molar-refractivity contribution is 5.77. The summed E-state index contributed by atoms with van der Waals surface area (Å²) in [6, 6.07) is 16.6. The van der Waals surface area contributed by atoms with E-state index in [1.165, 1.54) is 11.1 Å². The summed E-state index contributed by atoms with van der Waals surface area (Å²) in [6.45, 7) is 7.92. The third-order valence-electron chi connectivity index (χ3n) is 6.78. The second-order valence-electron chi connectivity index (χ2n) is 9.75. The molecule has 1 fully saturated rings. The Morgan fingerprint density at radius 2 is 1.88 bits per heavy atom. The minimum absolute atomic E-state index is 0.146. The van der Waals surface area contributed by atoms with Crippen LogP contribution in [0.25, 0.3) is 0 Å². The van der Waals surface area contributed by atoms with Gasteiger partial charge >= 0.3 is 0 Å². The number of hydrogen-bond donors (Lipinski definition) is 1. The Bertz CT molecular complexity index is 901. The molecule has 5 nitrogen and oxygen atoms in total. The van der Waals surface area contributed by atoms with E-state index in [1.807, 2.05) is 18.2 Å². The maximum absolute atomic E-state index is 12.6. The number of fused-ring (bicyclic) bond motifs is 1. The van der Waals surface area contributed by atoms with Gasteiger partial charge in [-0.1, -0.05) is 44.2 Å². The minimum atomic E-state index is -0.173. The Balaban J connectivity index is 1.40. The van der Waals surface area contributed by atoms with Crippen LogP contribution in [0.5, 0.6) is 11.5 Å². The standard InChI is InChI=1S/C27H36N2O3/c1-20(2)18-28-26(30)16-22-17-27(32-25-7-5-4-6-24(22)25)12-14-29(15-13-27)19-21-8-10-23(31-3)11-9-21/h4-11,20,22H,12-19H2,1-3H3,(H,28,30)/t22-/m1/s1. The van der Waals surface area contributed by atoms with Gasteiger partial charge < -0.3 is 14.8 Å². The molecule has 32 heavy (non-hydrogen) atoms. The molecule has 1 spiro atoms. The summed E-state index contributed by atoms with van der Waals surface area (Å²) in [5.41, 5.74) is 2.31. The van der Waals surface area contributed by atoms with Crippen LogP contribution in [0.4, 0.5) is 0 Å². The lowest BCUT2D eigenvalue weighted by molar-refractivity contribution is -0.122. The number of nitrogens with one attached hydrogen (secondary N) is 1. The molecule has 1 saturated heterocycles. The molecule has 0 aliphatic carbocycles. The summed E-state index contributed by atoms with van der Waals surface area (Å²) >= 11 is 0. The SMILES string of the molecule is COc1ccc(CN2CCC3(CC2)C[C@@H](CC(=O)NCC(C)C)c2ccccc2O3)cc1. The molecule has 1 amide bonds. The van der Waals surface area contributed by atoms with Crippen LogP contribution >= 0.6 is 0 Å². The van der Waals surface area contributed by atoms with E-state index >= 15 is 0 Å². The summed E-state index contributed by atoms with van der Waals surface area (Å²) in [7, 11) is 1.70. The fourth-order valence-corrected chi connectivity index (χ4v) is 4.95. The third-order valence-corrected chi connectivity index (χ3v) is 6.78. The van der Waals surface area contributed by atoms with E-state index in [9.17, 15) is 4.79 Å². The lowest BCUT2D eigenvalue weighted by atomic mass is 9.76. The van der Waals surface area contributed by atoms with Crippen LogP contribution in [0.3, 0.4) is 0 Å². The summed E-state index contributed by atoms with van der Waals surface area (Å²) < 4.78 is 11.9. The van der Waals surface area contributed by atoms with Gasteiger partial charge in [0.2, 0.25) is 5.91 Å². The van der Waals surface area contributed by atoms with Crippen LogP contribution in [-0.4, -0.2) is 43.2 Å².